The number of nitrogens with zero attached hydrogens (tertiary/aromatic N) is 1. The van der Waals surface area contributed by atoms with Crippen molar-refractivity contribution in [2.24, 2.45) is 5.92 Å². The number of rotatable bonds is 2. The Morgan fingerprint density at radius 3 is 2.69 bits per heavy atom. The first-order valence-electron chi connectivity index (χ1n) is 5.86. The standard InChI is InChI=1S/C12H21NO3/c1-5-12(3,4)16-11(15)13-7-6-10(14)9(2)8-13/h9H,5-8H2,1-4H3. The van der Waals surface area contributed by atoms with Gasteiger partial charge in [-0.1, -0.05) is 13.8 Å². The number of piperidine rings is 1. The van der Waals surface area contributed by atoms with E-state index >= 15 is 0 Å². The Labute approximate surface area is 96.9 Å². The Morgan fingerprint density at radius 2 is 2.19 bits per heavy atom. The monoisotopic (exact) mass is 227 g/mol. The van der Waals surface area contributed by atoms with Crippen molar-refractivity contribution in [2.45, 2.75) is 46.1 Å². The van der Waals surface area contributed by atoms with Crippen molar-refractivity contribution in [2.75, 3.05) is 13.1 Å². The number of hydrogen-bond donors (Lipinski definition) is 0. The van der Waals surface area contributed by atoms with Crippen molar-refractivity contribution in [3.63, 3.8) is 0 Å². The highest BCUT2D eigenvalue weighted by atomic mass is 16.6. The van der Waals surface area contributed by atoms with E-state index in [0.29, 0.717) is 19.5 Å². The molecular weight excluding hydrogens is 206 g/mol. The lowest BCUT2D eigenvalue weighted by molar-refractivity contribution is -0.125. The van der Waals surface area contributed by atoms with Crippen LogP contribution in [0.5, 0.6) is 0 Å². The second-order valence-electron chi connectivity index (χ2n) is 5.04. The summed E-state index contributed by atoms with van der Waals surface area (Å²) >= 11 is 0. The SMILES string of the molecule is CCC(C)(C)OC(=O)N1CCC(=O)C(C)C1. The van der Waals surface area contributed by atoms with Gasteiger partial charge in [-0.15, -0.1) is 0 Å². The molecule has 0 aromatic heterocycles. The molecule has 0 aliphatic carbocycles. The van der Waals surface area contributed by atoms with E-state index in [1.165, 1.54) is 0 Å². The Bertz CT molecular complexity index is 286. The highest BCUT2D eigenvalue weighted by Gasteiger charge is 2.30. The maximum Gasteiger partial charge on any atom is 0.410 e. The molecule has 1 aliphatic heterocycles. The van der Waals surface area contributed by atoms with E-state index in [9.17, 15) is 9.59 Å². The minimum absolute atomic E-state index is 0.0639. The van der Waals surface area contributed by atoms with Gasteiger partial charge >= 0.3 is 6.09 Å². The number of Topliss-reactive ketones (excluding diaryl/α,β-unsaturated/α-hetero) is 1. The normalized spacial score (nSPS) is 22.1. The lowest BCUT2D eigenvalue weighted by atomic mass is 9.99. The van der Waals surface area contributed by atoms with Crippen molar-refractivity contribution in [3.8, 4) is 0 Å². The van der Waals surface area contributed by atoms with Crippen LogP contribution in [0.25, 0.3) is 0 Å². The first-order chi connectivity index (χ1) is 7.35. The molecule has 0 radical (unpaired) electrons. The lowest BCUT2D eigenvalue weighted by Crippen LogP contribution is -2.45. The average Bonchev–Trinajstić information content (AvgIpc) is 2.21. The van der Waals surface area contributed by atoms with E-state index in [2.05, 4.69) is 0 Å². The number of amides is 1. The van der Waals surface area contributed by atoms with E-state index < -0.39 is 5.60 Å². The smallest absolute Gasteiger partial charge is 0.410 e. The van der Waals surface area contributed by atoms with Gasteiger partial charge in [0.15, 0.2) is 0 Å². The Balaban J connectivity index is 2.53. The molecule has 1 atom stereocenters. The predicted molar refractivity (Wildman–Crippen MR) is 61.2 cm³/mol. The van der Waals surface area contributed by atoms with Gasteiger partial charge in [-0.25, -0.2) is 4.79 Å². The number of ether oxygens (including phenoxy) is 1. The van der Waals surface area contributed by atoms with Gasteiger partial charge in [0.25, 0.3) is 0 Å². The first kappa shape index (κ1) is 13.0. The molecule has 0 aromatic rings. The van der Waals surface area contributed by atoms with Gasteiger partial charge in [0, 0.05) is 25.4 Å². The molecule has 0 aromatic carbocycles. The molecule has 1 amide bonds. The minimum atomic E-state index is -0.429. The first-order valence-corrected chi connectivity index (χ1v) is 5.86. The van der Waals surface area contributed by atoms with Crippen LogP contribution in [-0.2, 0) is 9.53 Å². The zero-order valence-electron chi connectivity index (χ0n) is 10.6. The quantitative estimate of drug-likeness (QED) is 0.726. The summed E-state index contributed by atoms with van der Waals surface area (Å²) in [6, 6.07) is 0. The second kappa shape index (κ2) is 4.85. The third-order valence-electron chi connectivity index (χ3n) is 3.15. The Morgan fingerprint density at radius 1 is 1.56 bits per heavy atom. The van der Waals surface area contributed by atoms with Gasteiger partial charge in [0.2, 0.25) is 0 Å². The summed E-state index contributed by atoms with van der Waals surface area (Å²) < 4.78 is 5.39. The van der Waals surface area contributed by atoms with E-state index in [-0.39, 0.29) is 17.8 Å². The molecule has 1 unspecified atom stereocenters. The Hall–Kier alpha value is -1.06. The molecule has 92 valence electrons. The van der Waals surface area contributed by atoms with Crippen LogP contribution in [0.2, 0.25) is 0 Å². The van der Waals surface area contributed by atoms with E-state index in [1.807, 2.05) is 27.7 Å². The fourth-order valence-corrected chi connectivity index (χ4v) is 1.55. The van der Waals surface area contributed by atoms with Crippen LogP contribution in [-0.4, -0.2) is 35.5 Å². The molecular formula is C12H21NO3. The molecule has 0 spiro atoms. The topological polar surface area (TPSA) is 46.6 Å². The lowest BCUT2D eigenvalue weighted by Gasteiger charge is -2.33. The van der Waals surface area contributed by atoms with Gasteiger partial charge in [0.05, 0.1) is 0 Å². The number of likely N-dealkylation sites (tertiary alicyclic amines) is 1. The second-order valence-corrected chi connectivity index (χ2v) is 5.04. The van der Waals surface area contributed by atoms with Gasteiger partial charge < -0.3 is 9.64 Å². The fourth-order valence-electron chi connectivity index (χ4n) is 1.55. The van der Waals surface area contributed by atoms with Crippen LogP contribution in [0.15, 0.2) is 0 Å². The molecule has 1 aliphatic rings. The maximum absolute atomic E-state index is 11.8. The van der Waals surface area contributed by atoms with Gasteiger partial charge in [-0.3, -0.25) is 4.79 Å². The molecule has 1 fully saturated rings. The highest BCUT2D eigenvalue weighted by Crippen LogP contribution is 2.18. The van der Waals surface area contributed by atoms with Gasteiger partial charge in [0.1, 0.15) is 11.4 Å². The molecule has 0 N–H and O–H groups in total. The van der Waals surface area contributed by atoms with Crippen molar-refractivity contribution < 1.29 is 14.3 Å². The van der Waals surface area contributed by atoms with E-state index in [4.69, 9.17) is 4.74 Å². The number of carbonyl (C=O) groups excluding carboxylic acids is 2. The van der Waals surface area contributed by atoms with Crippen LogP contribution in [0.3, 0.4) is 0 Å². The molecule has 4 nitrogen and oxygen atoms in total. The van der Waals surface area contributed by atoms with Crippen LogP contribution >= 0.6 is 0 Å². The summed E-state index contributed by atoms with van der Waals surface area (Å²) in [7, 11) is 0. The van der Waals surface area contributed by atoms with Crippen molar-refractivity contribution in [1.82, 2.24) is 4.90 Å². The molecule has 16 heavy (non-hydrogen) atoms. The van der Waals surface area contributed by atoms with Gasteiger partial charge in [-0.2, -0.15) is 0 Å². The largest absolute Gasteiger partial charge is 0.443 e. The maximum atomic E-state index is 11.8. The van der Waals surface area contributed by atoms with Gasteiger partial charge in [-0.05, 0) is 20.3 Å². The van der Waals surface area contributed by atoms with Crippen LogP contribution in [0, 0.1) is 5.92 Å². The molecule has 1 heterocycles. The predicted octanol–water partition coefficient (Wildman–Crippen LogP) is 2.22. The number of hydrogen-bond acceptors (Lipinski definition) is 3. The Kier molecular flexibility index (Phi) is 3.94. The fraction of sp³-hybridized carbons (Fsp3) is 0.833. The van der Waals surface area contributed by atoms with Crippen molar-refractivity contribution in [1.29, 1.82) is 0 Å². The molecule has 4 heteroatoms. The average molecular weight is 227 g/mol. The summed E-state index contributed by atoms with van der Waals surface area (Å²) in [5.74, 6) is 0.171. The molecule has 0 saturated carbocycles. The van der Waals surface area contributed by atoms with Crippen LogP contribution < -0.4 is 0 Å². The summed E-state index contributed by atoms with van der Waals surface area (Å²) in [4.78, 5) is 24.8. The minimum Gasteiger partial charge on any atom is -0.443 e. The number of carbonyl (C=O) groups is 2. The van der Waals surface area contributed by atoms with E-state index in [1.54, 1.807) is 4.90 Å². The summed E-state index contributed by atoms with van der Waals surface area (Å²) in [5.41, 5.74) is -0.429. The molecule has 0 bridgehead atoms. The van der Waals surface area contributed by atoms with E-state index in [0.717, 1.165) is 6.42 Å². The zero-order chi connectivity index (χ0) is 12.3. The summed E-state index contributed by atoms with van der Waals surface area (Å²) in [6.45, 7) is 8.59. The van der Waals surface area contributed by atoms with Crippen LogP contribution in [0.4, 0.5) is 4.79 Å². The van der Waals surface area contributed by atoms with Crippen molar-refractivity contribution >= 4 is 11.9 Å². The third kappa shape index (κ3) is 3.22. The zero-order valence-corrected chi connectivity index (χ0v) is 10.6. The molecule has 1 rings (SSSR count). The highest BCUT2D eigenvalue weighted by molar-refractivity contribution is 5.83. The summed E-state index contributed by atoms with van der Waals surface area (Å²) in [6.07, 6.45) is 0.926. The van der Waals surface area contributed by atoms with Crippen LogP contribution in [0.1, 0.15) is 40.5 Å². The summed E-state index contributed by atoms with van der Waals surface area (Å²) in [5, 5.41) is 0. The number of ketones is 1. The third-order valence-corrected chi connectivity index (χ3v) is 3.15. The van der Waals surface area contributed by atoms with Crippen molar-refractivity contribution in [3.05, 3.63) is 0 Å². The molecule has 1 saturated heterocycles.